The smallest absolute Gasteiger partial charge is 0.119 e. The fourth-order valence-corrected chi connectivity index (χ4v) is 3.44. The molecule has 24 heavy (non-hydrogen) atoms. The Morgan fingerprint density at radius 1 is 1.25 bits per heavy atom. The van der Waals surface area contributed by atoms with Crippen molar-refractivity contribution in [2.75, 3.05) is 13.2 Å². The van der Waals surface area contributed by atoms with Crippen LogP contribution in [0.1, 0.15) is 30.0 Å². The van der Waals surface area contributed by atoms with Gasteiger partial charge in [0.15, 0.2) is 0 Å². The molecular weight excluding hydrogens is 298 g/mol. The quantitative estimate of drug-likeness (QED) is 0.774. The Balaban J connectivity index is 1.48. The van der Waals surface area contributed by atoms with E-state index in [9.17, 15) is 0 Å². The molecule has 0 saturated carbocycles. The number of aromatic amines is 1. The van der Waals surface area contributed by atoms with Crippen molar-refractivity contribution >= 4 is 10.9 Å². The third-order valence-corrected chi connectivity index (χ3v) is 4.70. The SMILES string of the molecule is CCCOc1ccc2c(c1)CCN(Cc1c[nH]c3cnccc13)C2. The second-order valence-electron chi connectivity index (χ2n) is 6.47. The molecule has 0 unspecified atom stereocenters. The number of pyridine rings is 1. The molecule has 4 heteroatoms. The monoisotopic (exact) mass is 321 g/mol. The van der Waals surface area contributed by atoms with Gasteiger partial charge < -0.3 is 9.72 Å². The van der Waals surface area contributed by atoms with Crippen molar-refractivity contribution in [1.29, 1.82) is 0 Å². The molecule has 1 aliphatic rings. The third kappa shape index (κ3) is 3.02. The van der Waals surface area contributed by atoms with E-state index in [-0.39, 0.29) is 0 Å². The molecule has 0 fully saturated rings. The van der Waals surface area contributed by atoms with Gasteiger partial charge in [-0.2, -0.15) is 0 Å². The van der Waals surface area contributed by atoms with E-state index >= 15 is 0 Å². The predicted molar refractivity (Wildman–Crippen MR) is 96.1 cm³/mol. The van der Waals surface area contributed by atoms with E-state index < -0.39 is 0 Å². The van der Waals surface area contributed by atoms with Crippen molar-refractivity contribution in [2.45, 2.75) is 32.9 Å². The summed E-state index contributed by atoms with van der Waals surface area (Å²) in [6, 6.07) is 8.65. The number of aromatic nitrogens is 2. The minimum atomic E-state index is 0.792. The van der Waals surface area contributed by atoms with Crippen molar-refractivity contribution in [3.05, 3.63) is 59.5 Å². The lowest BCUT2D eigenvalue weighted by Crippen LogP contribution is -2.30. The van der Waals surface area contributed by atoms with E-state index in [1.807, 2.05) is 12.4 Å². The van der Waals surface area contributed by atoms with Gasteiger partial charge in [0, 0.05) is 37.4 Å². The van der Waals surface area contributed by atoms with Crippen molar-refractivity contribution in [3.63, 3.8) is 0 Å². The van der Waals surface area contributed by atoms with Gasteiger partial charge in [0.05, 0.1) is 18.3 Å². The van der Waals surface area contributed by atoms with Gasteiger partial charge in [-0.3, -0.25) is 9.88 Å². The molecule has 4 rings (SSSR count). The summed E-state index contributed by atoms with van der Waals surface area (Å²) in [6.07, 6.45) is 8.00. The van der Waals surface area contributed by atoms with Gasteiger partial charge >= 0.3 is 0 Å². The molecule has 0 amide bonds. The van der Waals surface area contributed by atoms with Crippen LogP contribution in [-0.4, -0.2) is 28.0 Å². The zero-order chi connectivity index (χ0) is 16.4. The lowest BCUT2D eigenvalue weighted by Gasteiger charge is -2.29. The molecule has 4 nitrogen and oxygen atoms in total. The molecule has 0 spiro atoms. The van der Waals surface area contributed by atoms with Crippen LogP contribution < -0.4 is 4.74 Å². The minimum Gasteiger partial charge on any atom is -0.494 e. The summed E-state index contributed by atoms with van der Waals surface area (Å²) in [7, 11) is 0. The minimum absolute atomic E-state index is 0.792. The average Bonchev–Trinajstić information content (AvgIpc) is 3.03. The second-order valence-corrected chi connectivity index (χ2v) is 6.47. The Hall–Kier alpha value is -2.33. The van der Waals surface area contributed by atoms with E-state index in [1.54, 1.807) is 0 Å². The molecule has 1 aliphatic heterocycles. The van der Waals surface area contributed by atoms with Crippen LogP contribution in [0.3, 0.4) is 0 Å². The fraction of sp³-hybridized carbons (Fsp3) is 0.350. The summed E-state index contributed by atoms with van der Waals surface area (Å²) >= 11 is 0. The van der Waals surface area contributed by atoms with Crippen molar-refractivity contribution < 1.29 is 4.74 Å². The first-order valence-corrected chi connectivity index (χ1v) is 8.70. The van der Waals surface area contributed by atoms with Gasteiger partial charge in [0.25, 0.3) is 0 Å². The predicted octanol–water partition coefficient (Wildman–Crippen LogP) is 3.91. The van der Waals surface area contributed by atoms with Crippen LogP contribution in [0.15, 0.2) is 42.9 Å². The van der Waals surface area contributed by atoms with E-state index in [2.05, 4.69) is 52.3 Å². The Kier molecular flexibility index (Phi) is 4.22. The molecule has 3 heterocycles. The highest BCUT2D eigenvalue weighted by Gasteiger charge is 2.18. The van der Waals surface area contributed by atoms with E-state index in [0.717, 1.165) is 50.3 Å². The molecule has 3 aromatic rings. The summed E-state index contributed by atoms with van der Waals surface area (Å²) < 4.78 is 5.76. The van der Waals surface area contributed by atoms with Gasteiger partial charge in [-0.1, -0.05) is 13.0 Å². The first kappa shape index (κ1) is 15.2. The van der Waals surface area contributed by atoms with E-state index in [1.165, 1.54) is 22.1 Å². The summed E-state index contributed by atoms with van der Waals surface area (Å²) in [4.78, 5) is 10.0. The van der Waals surface area contributed by atoms with Crippen LogP contribution >= 0.6 is 0 Å². The van der Waals surface area contributed by atoms with Gasteiger partial charge in [-0.15, -0.1) is 0 Å². The van der Waals surface area contributed by atoms with Gasteiger partial charge in [-0.25, -0.2) is 0 Å². The van der Waals surface area contributed by atoms with Crippen LogP contribution in [0.25, 0.3) is 10.9 Å². The largest absolute Gasteiger partial charge is 0.494 e. The molecule has 0 radical (unpaired) electrons. The van der Waals surface area contributed by atoms with E-state index in [0.29, 0.717) is 0 Å². The summed E-state index contributed by atoms with van der Waals surface area (Å²) in [6.45, 7) is 5.98. The Morgan fingerprint density at radius 3 is 3.12 bits per heavy atom. The molecule has 1 aromatic carbocycles. The number of hydrogen-bond donors (Lipinski definition) is 1. The number of fused-ring (bicyclic) bond motifs is 2. The first-order chi connectivity index (χ1) is 11.8. The zero-order valence-corrected chi connectivity index (χ0v) is 14.1. The summed E-state index contributed by atoms with van der Waals surface area (Å²) in [5, 5.41) is 1.28. The van der Waals surface area contributed by atoms with Crippen molar-refractivity contribution in [3.8, 4) is 5.75 Å². The maximum atomic E-state index is 5.76. The van der Waals surface area contributed by atoms with Gasteiger partial charge in [0.2, 0.25) is 0 Å². The Labute approximate surface area is 142 Å². The van der Waals surface area contributed by atoms with Crippen molar-refractivity contribution in [2.24, 2.45) is 0 Å². The molecule has 124 valence electrons. The fourth-order valence-electron chi connectivity index (χ4n) is 3.44. The average molecular weight is 321 g/mol. The summed E-state index contributed by atoms with van der Waals surface area (Å²) in [5.41, 5.74) is 5.32. The molecule has 1 N–H and O–H groups in total. The molecular formula is C20H23N3O. The molecule has 0 bridgehead atoms. The number of nitrogens with zero attached hydrogens (tertiary/aromatic N) is 2. The number of ether oxygens (including phenoxy) is 1. The standard InChI is InChI=1S/C20H23N3O/c1-2-9-24-18-4-3-16-13-23(8-6-15(16)10-18)14-17-11-22-20-12-21-7-5-19(17)20/h3-5,7,10-12,22H,2,6,8-9,13-14H2,1H3. The van der Waals surface area contributed by atoms with Crippen LogP contribution in [0.4, 0.5) is 0 Å². The Bertz CT molecular complexity index is 840. The molecule has 0 atom stereocenters. The van der Waals surface area contributed by atoms with Gasteiger partial charge in [0.1, 0.15) is 5.75 Å². The lowest BCUT2D eigenvalue weighted by molar-refractivity contribution is 0.245. The van der Waals surface area contributed by atoms with Crippen LogP contribution in [-0.2, 0) is 19.5 Å². The van der Waals surface area contributed by atoms with Gasteiger partial charge in [-0.05, 0) is 47.7 Å². The number of rotatable bonds is 5. The topological polar surface area (TPSA) is 41.1 Å². The molecule has 0 saturated heterocycles. The molecule has 0 aliphatic carbocycles. The Morgan fingerprint density at radius 2 is 2.21 bits per heavy atom. The van der Waals surface area contributed by atoms with Crippen molar-refractivity contribution in [1.82, 2.24) is 14.9 Å². The second kappa shape index (κ2) is 6.65. The van der Waals surface area contributed by atoms with Crippen LogP contribution in [0.5, 0.6) is 5.75 Å². The number of benzene rings is 1. The number of H-pyrrole nitrogens is 1. The number of nitrogens with one attached hydrogen (secondary N) is 1. The normalized spacial score (nSPS) is 14.7. The zero-order valence-electron chi connectivity index (χ0n) is 14.1. The first-order valence-electron chi connectivity index (χ1n) is 8.70. The van der Waals surface area contributed by atoms with E-state index in [4.69, 9.17) is 4.74 Å². The maximum absolute atomic E-state index is 5.76. The van der Waals surface area contributed by atoms with Crippen LogP contribution in [0, 0.1) is 0 Å². The highest BCUT2D eigenvalue weighted by Crippen LogP contribution is 2.26. The highest BCUT2D eigenvalue weighted by molar-refractivity contribution is 5.82. The molecule has 2 aromatic heterocycles. The third-order valence-electron chi connectivity index (χ3n) is 4.70. The summed E-state index contributed by atoms with van der Waals surface area (Å²) in [5.74, 6) is 1.01. The lowest BCUT2D eigenvalue weighted by atomic mass is 9.99. The highest BCUT2D eigenvalue weighted by atomic mass is 16.5. The number of hydrogen-bond acceptors (Lipinski definition) is 3. The maximum Gasteiger partial charge on any atom is 0.119 e. The van der Waals surface area contributed by atoms with Crippen LogP contribution in [0.2, 0.25) is 0 Å².